The minimum Gasteiger partial charge on any atom is -0.508 e. The van der Waals surface area contributed by atoms with E-state index < -0.39 is 0 Å². The number of carbonyl (C=O) groups is 1. The summed E-state index contributed by atoms with van der Waals surface area (Å²) in [6.45, 7) is 4.45. The molecule has 0 radical (unpaired) electrons. The van der Waals surface area contributed by atoms with Crippen LogP contribution in [0.5, 0.6) is 5.75 Å². The molecule has 17 heavy (non-hydrogen) atoms. The quantitative estimate of drug-likeness (QED) is 0.825. The van der Waals surface area contributed by atoms with E-state index in [0.717, 1.165) is 12.0 Å². The largest absolute Gasteiger partial charge is 0.508 e. The highest BCUT2D eigenvalue weighted by molar-refractivity contribution is 5.94. The Balaban J connectivity index is 2.05. The first-order valence-electron chi connectivity index (χ1n) is 5.80. The van der Waals surface area contributed by atoms with E-state index in [-0.39, 0.29) is 23.7 Å². The summed E-state index contributed by atoms with van der Waals surface area (Å²) in [4.78, 5) is 11.9. The Morgan fingerprint density at radius 1 is 1.53 bits per heavy atom. The van der Waals surface area contributed by atoms with Gasteiger partial charge < -0.3 is 15.2 Å². The van der Waals surface area contributed by atoms with Gasteiger partial charge in [-0.2, -0.15) is 0 Å². The Bertz CT molecular complexity index is 431. The summed E-state index contributed by atoms with van der Waals surface area (Å²) in [6, 6.07) is 5.09. The number of amides is 1. The molecular formula is C13H17NO3. The smallest absolute Gasteiger partial charge is 0.253 e. The van der Waals surface area contributed by atoms with Crippen LogP contribution < -0.4 is 5.32 Å². The topological polar surface area (TPSA) is 58.6 Å². The van der Waals surface area contributed by atoms with E-state index in [1.54, 1.807) is 18.2 Å². The summed E-state index contributed by atoms with van der Waals surface area (Å²) >= 11 is 0. The molecule has 1 aromatic carbocycles. The predicted octanol–water partition coefficient (Wildman–Crippen LogP) is 2.06. The molecule has 0 bridgehead atoms. The lowest BCUT2D eigenvalue weighted by Crippen LogP contribution is -2.31. The summed E-state index contributed by atoms with van der Waals surface area (Å²) in [5, 5.41) is 12.3. The fraction of sp³-hybridized carbons (Fsp3) is 0.462. The second-order valence-electron chi connectivity index (χ2n) is 4.55. The number of phenolic OH excluding ortho intramolecular Hbond substituents is 1. The number of phenols is 1. The Hall–Kier alpha value is -1.55. The number of nitrogens with one attached hydrogen (secondary N) is 1. The lowest BCUT2D eigenvalue weighted by molar-refractivity contribution is -0.126. The Morgan fingerprint density at radius 3 is 2.88 bits per heavy atom. The van der Waals surface area contributed by atoms with E-state index in [9.17, 15) is 9.90 Å². The van der Waals surface area contributed by atoms with Crippen LogP contribution in [0, 0.1) is 12.8 Å². The summed E-state index contributed by atoms with van der Waals surface area (Å²) < 4.78 is 5.38. The van der Waals surface area contributed by atoms with Gasteiger partial charge in [0.1, 0.15) is 11.9 Å². The molecule has 0 aromatic heterocycles. The number of aryl methyl sites for hydroxylation is 1. The number of rotatable bonds is 2. The van der Waals surface area contributed by atoms with E-state index in [1.165, 1.54) is 0 Å². The van der Waals surface area contributed by atoms with Gasteiger partial charge in [-0.3, -0.25) is 4.79 Å². The summed E-state index contributed by atoms with van der Waals surface area (Å²) in [5.41, 5.74) is 1.38. The number of hydrogen-bond acceptors (Lipinski definition) is 3. The predicted molar refractivity (Wildman–Crippen MR) is 65.0 cm³/mol. The van der Waals surface area contributed by atoms with Gasteiger partial charge in [0.2, 0.25) is 0 Å². The van der Waals surface area contributed by atoms with Gasteiger partial charge >= 0.3 is 0 Å². The standard InChI is InChI=1S/C13H17NO3/c1-8-3-4-10(7-11(8)15)14-13(16)12-9(2)5-6-17-12/h3-4,7,9,12,15H,5-6H2,1-2H3,(H,14,16). The second-order valence-corrected chi connectivity index (χ2v) is 4.55. The molecule has 1 aliphatic heterocycles. The zero-order valence-corrected chi connectivity index (χ0v) is 10.1. The normalized spacial score (nSPS) is 23.6. The number of anilines is 1. The molecule has 1 heterocycles. The highest BCUT2D eigenvalue weighted by Gasteiger charge is 2.30. The summed E-state index contributed by atoms with van der Waals surface area (Å²) in [5.74, 6) is 0.287. The van der Waals surface area contributed by atoms with Crippen molar-refractivity contribution in [2.24, 2.45) is 5.92 Å². The van der Waals surface area contributed by atoms with Gasteiger partial charge in [-0.05, 0) is 30.9 Å². The van der Waals surface area contributed by atoms with Crippen molar-refractivity contribution >= 4 is 11.6 Å². The Labute approximate surface area is 101 Å². The van der Waals surface area contributed by atoms with Crippen molar-refractivity contribution in [2.75, 3.05) is 11.9 Å². The van der Waals surface area contributed by atoms with Crippen molar-refractivity contribution in [1.82, 2.24) is 0 Å². The molecule has 0 spiro atoms. The number of carbonyl (C=O) groups excluding carboxylic acids is 1. The molecule has 0 aliphatic carbocycles. The molecule has 4 heteroatoms. The maximum atomic E-state index is 11.9. The first kappa shape index (κ1) is 11.9. The van der Waals surface area contributed by atoms with Gasteiger partial charge in [0.05, 0.1) is 0 Å². The van der Waals surface area contributed by atoms with Crippen molar-refractivity contribution in [2.45, 2.75) is 26.4 Å². The van der Waals surface area contributed by atoms with Crippen LogP contribution in [0.25, 0.3) is 0 Å². The average Bonchev–Trinajstić information content (AvgIpc) is 2.70. The second kappa shape index (κ2) is 4.75. The van der Waals surface area contributed by atoms with Gasteiger partial charge in [0.25, 0.3) is 5.91 Å². The zero-order chi connectivity index (χ0) is 12.4. The third kappa shape index (κ3) is 2.58. The van der Waals surface area contributed by atoms with Crippen molar-refractivity contribution in [3.05, 3.63) is 23.8 Å². The van der Waals surface area contributed by atoms with Gasteiger partial charge in [-0.15, -0.1) is 0 Å². The number of benzene rings is 1. The molecule has 92 valence electrons. The van der Waals surface area contributed by atoms with E-state index >= 15 is 0 Å². The monoisotopic (exact) mass is 235 g/mol. The van der Waals surface area contributed by atoms with Crippen molar-refractivity contribution < 1.29 is 14.6 Å². The van der Waals surface area contributed by atoms with Crippen LogP contribution in [0.15, 0.2) is 18.2 Å². The number of aromatic hydroxyl groups is 1. The minimum atomic E-state index is -0.376. The van der Waals surface area contributed by atoms with Crippen LogP contribution in [0.2, 0.25) is 0 Å². The Morgan fingerprint density at radius 2 is 2.29 bits per heavy atom. The molecule has 0 saturated carbocycles. The molecule has 1 aromatic rings. The summed E-state index contributed by atoms with van der Waals surface area (Å²) in [7, 11) is 0. The van der Waals surface area contributed by atoms with Crippen LogP contribution in [-0.4, -0.2) is 23.7 Å². The van der Waals surface area contributed by atoms with Crippen LogP contribution in [0.1, 0.15) is 18.9 Å². The van der Waals surface area contributed by atoms with Crippen LogP contribution >= 0.6 is 0 Å². The van der Waals surface area contributed by atoms with E-state index in [0.29, 0.717) is 12.3 Å². The molecule has 1 fully saturated rings. The highest BCUT2D eigenvalue weighted by Crippen LogP contribution is 2.24. The van der Waals surface area contributed by atoms with Gasteiger partial charge in [0, 0.05) is 18.4 Å². The maximum Gasteiger partial charge on any atom is 0.253 e. The summed E-state index contributed by atoms with van der Waals surface area (Å²) in [6.07, 6.45) is 0.537. The zero-order valence-electron chi connectivity index (χ0n) is 10.1. The number of ether oxygens (including phenoxy) is 1. The van der Waals surface area contributed by atoms with Gasteiger partial charge in [-0.1, -0.05) is 13.0 Å². The molecule has 2 rings (SSSR count). The third-order valence-electron chi connectivity index (χ3n) is 3.12. The SMILES string of the molecule is Cc1ccc(NC(=O)C2OCCC2C)cc1O. The van der Waals surface area contributed by atoms with Gasteiger partial charge in [0.15, 0.2) is 0 Å². The molecule has 1 aliphatic rings. The van der Waals surface area contributed by atoms with E-state index in [2.05, 4.69) is 5.32 Å². The molecule has 2 N–H and O–H groups in total. The molecule has 2 atom stereocenters. The number of hydrogen-bond donors (Lipinski definition) is 2. The molecular weight excluding hydrogens is 218 g/mol. The van der Waals surface area contributed by atoms with E-state index in [1.807, 2.05) is 13.8 Å². The lowest BCUT2D eigenvalue weighted by Gasteiger charge is -2.14. The maximum absolute atomic E-state index is 11.9. The van der Waals surface area contributed by atoms with Crippen LogP contribution in [0.3, 0.4) is 0 Å². The van der Waals surface area contributed by atoms with E-state index in [4.69, 9.17) is 4.74 Å². The van der Waals surface area contributed by atoms with Crippen LogP contribution in [0.4, 0.5) is 5.69 Å². The lowest BCUT2D eigenvalue weighted by atomic mass is 10.0. The third-order valence-corrected chi connectivity index (χ3v) is 3.12. The van der Waals surface area contributed by atoms with Crippen LogP contribution in [-0.2, 0) is 9.53 Å². The Kier molecular flexibility index (Phi) is 3.33. The molecule has 1 saturated heterocycles. The molecule has 1 amide bonds. The highest BCUT2D eigenvalue weighted by atomic mass is 16.5. The minimum absolute atomic E-state index is 0.141. The fourth-order valence-electron chi connectivity index (χ4n) is 1.93. The first-order chi connectivity index (χ1) is 8.08. The van der Waals surface area contributed by atoms with Crippen molar-refractivity contribution in [1.29, 1.82) is 0 Å². The average molecular weight is 235 g/mol. The fourth-order valence-corrected chi connectivity index (χ4v) is 1.93. The molecule has 2 unspecified atom stereocenters. The molecule has 4 nitrogen and oxygen atoms in total. The van der Waals surface area contributed by atoms with Crippen molar-refractivity contribution in [3.63, 3.8) is 0 Å². The van der Waals surface area contributed by atoms with Crippen molar-refractivity contribution in [3.8, 4) is 5.75 Å². The van der Waals surface area contributed by atoms with Gasteiger partial charge in [-0.25, -0.2) is 0 Å². The first-order valence-corrected chi connectivity index (χ1v) is 5.80.